The molecule has 0 unspecified atom stereocenters. The number of carbonyl (C=O) groups is 2. The van der Waals surface area contributed by atoms with Crippen LogP contribution in [0.2, 0.25) is 0 Å². The summed E-state index contributed by atoms with van der Waals surface area (Å²) < 4.78 is 0. The van der Waals surface area contributed by atoms with E-state index in [0.717, 1.165) is 12.8 Å². The van der Waals surface area contributed by atoms with Crippen molar-refractivity contribution in [2.45, 2.75) is 25.3 Å². The Bertz CT molecular complexity index is 486. The quantitative estimate of drug-likeness (QED) is 0.846. The lowest BCUT2D eigenvalue weighted by atomic mass is 10.0. The summed E-state index contributed by atoms with van der Waals surface area (Å²) in [6.45, 7) is 0.603. The standard InChI is InChI=1S/C14H17NO4/c16-9-11-5-3-7-15(11)13(17)8-10-4-1-2-6-12(10)14(18)19/h1-2,4,6,11,16H,3,5,7-9H2,(H,18,19)/t11-/m1/s1. The van der Waals surface area contributed by atoms with Crippen LogP contribution in [-0.4, -0.2) is 46.2 Å². The van der Waals surface area contributed by atoms with Gasteiger partial charge in [0.1, 0.15) is 0 Å². The molecule has 1 aliphatic heterocycles. The Morgan fingerprint density at radius 2 is 2.05 bits per heavy atom. The van der Waals surface area contributed by atoms with Gasteiger partial charge in [-0.25, -0.2) is 4.79 Å². The van der Waals surface area contributed by atoms with Crippen molar-refractivity contribution in [3.05, 3.63) is 35.4 Å². The van der Waals surface area contributed by atoms with Gasteiger partial charge in [0.05, 0.1) is 24.6 Å². The second-order valence-corrected chi connectivity index (χ2v) is 4.70. The molecule has 2 N–H and O–H groups in total. The minimum absolute atomic E-state index is 0.0354. The van der Waals surface area contributed by atoms with Crippen LogP contribution in [0.4, 0.5) is 0 Å². The number of aromatic carboxylic acids is 1. The van der Waals surface area contributed by atoms with Crippen molar-refractivity contribution in [1.29, 1.82) is 0 Å². The molecule has 0 aromatic heterocycles. The van der Waals surface area contributed by atoms with E-state index in [0.29, 0.717) is 12.1 Å². The second kappa shape index (κ2) is 5.84. The topological polar surface area (TPSA) is 77.8 Å². The van der Waals surface area contributed by atoms with Crippen molar-refractivity contribution >= 4 is 11.9 Å². The van der Waals surface area contributed by atoms with Crippen molar-refractivity contribution in [2.75, 3.05) is 13.2 Å². The van der Waals surface area contributed by atoms with E-state index in [1.54, 1.807) is 23.1 Å². The number of carboxylic acid groups (broad SMARTS) is 1. The Kier molecular flexibility index (Phi) is 4.16. The third-order valence-corrected chi connectivity index (χ3v) is 3.50. The third-order valence-electron chi connectivity index (χ3n) is 3.50. The van der Waals surface area contributed by atoms with Gasteiger partial charge >= 0.3 is 5.97 Å². The number of rotatable bonds is 4. The van der Waals surface area contributed by atoms with Crippen molar-refractivity contribution in [3.63, 3.8) is 0 Å². The highest BCUT2D eigenvalue weighted by atomic mass is 16.4. The molecule has 0 saturated carbocycles. The monoisotopic (exact) mass is 263 g/mol. The van der Waals surface area contributed by atoms with Crippen molar-refractivity contribution in [2.24, 2.45) is 0 Å². The minimum Gasteiger partial charge on any atom is -0.478 e. The Labute approximate surface area is 111 Å². The average molecular weight is 263 g/mol. The molecule has 0 radical (unpaired) electrons. The van der Waals surface area contributed by atoms with Gasteiger partial charge < -0.3 is 15.1 Å². The van der Waals surface area contributed by atoms with Gasteiger partial charge in [-0.15, -0.1) is 0 Å². The van der Waals surface area contributed by atoms with E-state index in [1.165, 1.54) is 6.07 Å². The number of aliphatic hydroxyl groups excluding tert-OH is 1. The highest BCUT2D eigenvalue weighted by Crippen LogP contribution is 2.19. The highest BCUT2D eigenvalue weighted by molar-refractivity contribution is 5.91. The largest absolute Gasteiger partial charge is 0.478 e. The molecule has 1 aliphatic rings. The molecule has 0 aliphatic carbocycles. The van der Waals surface area contributed by atoms with Crippen LogP contribution < -0.4 is 0 Å². The van der Waals surface area contributed by atoms with E-state index in [4.69, 9.17) is 5.11 Å². The summed E-state index contributed by atoms with van der Waals surface area (Å²) in [5.74, 6) is -1.14. The molecule has 1 heterocycles. The normalized spacial score (nSPS) is 18.6. The summed E-state index contributed by atoms with van der Waals surface area (Å²) in [4.78, 5) is 24.9. The molecule has 0 spiro atoms. The Hall–Kier alpha value is -1.88. The first-order valence-corrected chi connectivity index (χ1v) is 6.35. The Morgan fingerprint density at radius 1 is 1.32 bits per heavy atom. The number of hydrogen-bond acceptors (Lipinski definition) is 3. The maximum absolute atomic E-state index is 12.2. The average Bonchev–Trinajstić information content (AvgIpc) is 2.87. The van der Waals surface area contributed by atoms with E-state index in [-0.39, 0.29) is 30.5 Å². The third kappa shape index (κ3) is 2.93. The fraction of sp³-hybridized carbons (Fsp3) is 0.429. The van der Waals surface area contributed by atoms with Gasteiger partial charge in [0.25, 0.3) is 0 Å². The highest BCUT2D eigenvalue weighted by Gasteiger charge is 2.28. The molecular weight excluding hydrogens is 246 g/mol. The Balaban J connectivity index is 2.13. The predicted octanol–water partition coefficient (Wildman–Crippen LogP) is 0.911. The maximum atomic E-state index is 12.2. The summed E-state index contributed by atoms with van der Waals surface area (Å²) in [5.41, 5.74) is 0.680. The molecule has 1 aromatic rings. The van der Waals surface area contributed by atoms with Crippen molar-refractivity contribution in [1.82, 2.24) is 4.90 Å². The fourth-order valence-electron chi connectivity index (χ4n) is 2.50. The molecule has 0 bridgehead atoms. The molecule has 19 heavy (non-hydrogen) atoms. The summed E-state index contributed by atoms with van der Waals surface area (Å²) in [7, 11) is 0. The number of carbonyl (C=O) groups excluding carboxylic acids is 1. The molecule has 1 saturated heterocycles. The summed E-state index contributed by atoms with van der Waals surface area (Å²) in [6, 6.07) is 6.40. The number of carboxylic acids is 1. The molecule has 1 fully saturated rings. The van der Waals surface area contributed by atoms with E-state index in [9.17, 15) is 14.7 Å². The number of nitrogens with zero attached hydrogens (tertiary/aromatic N) is 1. The summed E-state index contributed by atoms with van der Waals surface area (Å²) in [6.07, 6.45) is 1.76. The van der Waals surface area contributed by atoms with Crippen LogP contribution in [0.1, 0.15) is 28.8 Å². The molecule has 1 atom stereocenters. The maximum Gasteiger partial charge on any atom is 0.335 e. The molecular formula is C14H17NO4. The number of hydrogen-bond donors (Lipinski definition) is 2. The number of amides is 1. The van der Waals surface area contributed by atoms with Crippen LogP contribution in [0, 0.1) is 0 Å². The lowest BCUT2D eigenvalue weighted by molar-refractivity contribution is -0.131. The smallest absolute Gasteiger partial charge is 0.335 e. The first-order valence-electron chi connectivity index (χ1n) is 6.35. The minimum atomic E-state index is -1.02. The number of likely N-dealkylation sites (tertiary alicyclic amines) is 1. The zero-order valence-electron chi connectivity index (χ0n) is 10.6. The lowest BCUT2D eigenvalue weighted by Crippen LogP contribution is -2.38. The van der Waals surface area contributed by atoms with Gasteiger partial charge in [-0.1, -0.05) is 18.2 Å². The van der Waals surface area contributed by atoms with Crippen LogP contribution >= 0.6 is 0 Å². The van der Waals surface area contributed by atoms with Crippen molar-refractivity contribution < 1.29 is 19.8 Å². The van der Waals surface area contributed by atoms with Gasteiger partial charge in [-0.3, -0.25) is 4.79 Å². The Morgan fingerprint density at radius 3 is 2.74 bits per heavy atom. The first kappa shape index (κ1) is 13.5. The van der Waals surface area contributed by atoms with Crippen LogP contribution in [0.5, 0.6) is 0 Å². The van der Waals surface area contributed by atoms with Crippen LogP contribution in [0.15, 0.2) is 24.3 Å². The second-order valence-electron chi connectivity index (χ2n) is 4.70. The van der Waals surface area contributed by atoms with E-state index in [1.807, 2.05) is 0 Å². The van der Waals surface area contributed by atoms with Gasteiger partial charge in [-0.05, 0) is 24.5 Å². The predicted molar refractivity (Wildman–Crippen MR) is 68.9 cm³/mol. The molecule has 1 amide bonds. The van der Waals surface area contributed by atoms with Gasteiger partial charge in [0.15, 0.2) is 0 Å². The van der Waals surface area contributed by atoms with Crippen LogP contribution in [0.25, 0.3) is 0 Å². The number of aliphatic hydroxyl groups is 1. The fourth-order valence-corrected chi connectivity index (χ4v) is 2.50. The first-order chi connectivity index (χ1) is 9.13. The molecule has 2 rings (SSSR count). The number of benzene rings is 1. The molecule has 1 aromatic carbocycles. The van der Waals surface area contributed by atoms with Gasteiger partial charge in [0, 0.05) is 6.54 Å². The van der Waals surface area contributed by atoms with E-state index >= 15 is 0 Å². The van der Waals surface area contributed by atoms with E-state index in [2.05, 4.69) is 0 Å². The molecule has 102 valence electrons. The zero-order chi connectivity index (χ0) is 13.8. The van der Waals surface area contributed by atoms with Gasteiger partial charge in [-0.2, -0.15) is 0 Å². The molecule has 5 nitrogen and oxygen atoms in total. The van der Waals surface area contributed by atoms with Crippen LogP contribution in [-0.2, 0) is 11.2 Å². The molecule has 5 heteroatoms. The van der Waals surface area contributed by atoms with E-state index < -0.39 is 5.97 Å². The van der Waals surface area contributed by atoms with Crippen molar-refractivity contribution in [3.8, 4) is 0 Å². The van der Waals surface area contributed by atoms with Crippen LogP contribution in [0.3, 0.4) is 0 Å². The zero-order valence-corrected chi connectivity index (χ0v) is 10.6. The SMILES string of the molecule is O=C(O)c1ccccc1CC(=O)N1CCC[C@@H]1CO. The lowest BCUT2D eigenvalue weighted by Gasteiger charge is -2.23. The summed E-state index contributed by atoms with van der Waals surface area (Å²) >= 11 is 0. The van der Waals surface area contributed by atoms with Gasteiger partial charge in [0.2, 0.25) is 5.91 Å². The summed E-state index contributed by atoms with van der Waals surface area (Å²) in [5, 5.41) is 18.3.